The third-order valence-corrected chi connectivity index (χ3v) is 3.69. The van der Waals surface area contributed by atoms with Gasteiger partial charge in [-0.05, 0) is 42.8 Å². The average Bonchev–Trinajstić information content (AvgIpc) is 2.55. The molecule has 2 aromatic carbocycles. The zero-order valence-electron chi connectivity index (χ0n) is 13.1. The molecule has 1 unspecified atom stereocenters. The number of hydrogen-bond acceptors (Lipinski definition) is 3. The molecule has 2 rings (SSSR count). The second kappa shape index (κ2) is 8.87. The Morgan fingerprint density at radius 2 is 1.92 bits per heavy atom. The standard InChI is InChI=1S/C17H15Cl2F2NO3/c1-10(24-15-6-5-12(18)8-14(15)19)16(23)22-9-11-3-2-4-13(7-11)25-17(20)21/h2-8,10,17H,9H2,1H3,(H,22,23). The average molecular weight is 390 g/mol. The second-order valence-corrected chi connectivity index (χ2v) is 5.92. The first-order valence-electron chi connectivity index (χ1n) is 7.28. The van der Waals surface area contributed by atoms with Crippen LogP contribution in [0, 0.1) is 0 Å². The van der Waals surface area contributed by atoms with Gasteiger partial charge in [-0.3, -0.25) is 4.79 Å². The molecule has 0 aliphatic heterocycles. The van der Waals surface area contributed by atoms with E-state index < -0.39 is 12.7 Å². The van der Waals surface area contributed by atoms with E-state index in [1.54, 1.807) is 31.2 Å². The van der Waals surface area contributed by atoms with Crippen LogP contribution >= 0.6 is 23.2 Å². The highest BCUT2D eigenvalue weighted by Crippen LogP contribution is 2.28. The summed E-state index contributed by atoms with van der Waals surface area (Å²) < 4.78 is 34.2. The van der Waals surface area contributed by atoms with Crippen LogP contribution in [0.25, 0.3) is 0 Å². The van der Waals surface area contributed by atoms with Crippen LogP contribution in [0.5, 0.6) is 11.5 Å². The smallest absolute Gasteiger partial charge is 0.387 e. The number of alkyl halides is 2. The number of carbonyl (C=O) groups is 1. The fourth-order valence-corrected chi connectivity index (χ4v) is 2.43. The van der Waals surface area contributed by atoms with E-state index in [4.69, 9.17) is 27.9 Å². The molecule has 0 aromatic heterocycles. The number of benzene rings is 2. The maximum absolute atomic E-state index is 12.2. The molecule has 0 spiro atoms. The van der Waals surface area contributed by atoms with E-state index in [2.05, 4.69) is 10.1 Å². The fraction of sp³-hybridized carbons (Fsp3) is 0.235. The zero-order valence-corrected chi connectivity index (χ0v) is 14.7. The Balaban J connectivity index is 1.91. The molecule has 134 valence electrons. The van der Waals surface area contributed by atoms with Crippen molar-refractivity contribution in [2.75, 3.05) is 0 Å². The van der Waals surface area contributed by atoms with Crippen molar-refractivity contribution in [1.82, 2.24) is 5.32 Å². The summed E-state index contributed by atoms with van der Waals surface area (Å²) >= 11 is 11.8. The summed E-state index contributed by atoms with van der Waals surface area (Å²) in [5, 5.41) is 3.41. The van der Waals surface area contributed by atoms with Crippen molar-refractivity contribution in [3.05, 3.63) is 58.1 Å². The Bertz CT molecular complexity index is 744. The predicted molar refractivity (Wildman–Crippen MR) is 91.5 cm³/mol. The Kier molecular flexibility index (Phi) is 6.84. The molecule has 0 aliphatic carbocycles. The molecule has 0 heterocycles. The van der Waals surface area contributed by atoms with E-state index >= 15 is 0 Å². The lowest BCUT2D eigenvalue weighted by atomic mass is 10.2. The summed E-state index contributed by atoms with van der Waals surface area (Å²) in [4.78, 5) is 12.1. The van der Waals surface area contributed by atoms with Crippen LogP contribution < -0.4 is 14.8 Å². The Labute approximate surface area is 153 Å². The van der Waals surface area contributed by atoms with Gasteiger partial charge in [0.05, 0.1) is 5.02 Å². The number of rotatable bonds is 7. The SMILES string of the molecule is CC(Oc1ccc(Cl)cc1Cl)C(=O)NCc1cccc(OC(F)F)c1. The topological polar surface area (TPSA) is 47.6 Å². The van der Waals surface area contributed by atoms with Crippen LogP contribution in [-0.2, 0) is 11.3 Å². The Morgan fingerprint density at radius 1 is 1.16 bits per heavy atom. The van der Waals surface area contributed by atoms with E-state index in [0.29, 0.717) is 21.4 Å². The van der Waals surface area contributed by atoms with Crippen molar-refractivity contribution in [3.63, 3.8) is 0 Å². The van der Waals surface area contributed by atoms with Gasteiger partial charge in [0.1, 0.15) is 11.5 Å². The predicted octanol–water partition coefficient (Wildman–Crippen LogP) is 4.68. The van der Waals surface area contributed by atoms with E-state index in [1.807, 2.05) is 0 Å². The third kappa shape index (κ3) is 6.07. The molecule has 4 nitrogen and oxygen atoms in total. The minimum Gasteiger partial charge on any atom is -0.479 e. The van der Waals surface area contributed by atoms with Crippen molar-refractivity contribution in [2.24, 2.45) is 0 Å². The van der Waals surface area contributed by atoms with Crippen molar-refractivity contribution >= 4 is 29.1 Å². The Morgan fingerprint density at radius 3 is 2.60 bits per heavy atom. The molecule has 0 bridgehead atoms. The van der Waals surface area contributed by atoms with Gasteiger partial charge in [-0.25, -0.2) is 0 Å². The summed E-state index contributed by atoms with van der Waals surface area (Å²) in [7, 11) is 0. The van der Waals surface area contributed by atoms with Crippen LogP contribution in [0.1, 0.15) is 12.5 Å². The number of hydrogen-bond donors (Lipinski definition) is 1. The molecule has 0 fully saturated rings. The highest BCUT2D eigenvalue weighted by Gasteiger charge is 2.16. The highest BCUT2D eigenvalue weighted by molar-refractivity contribution is 6.35. The Hall–Kier alpha value is -2.05. The van der Waals surface area contributed by atoms with Crippen molar-refractivity contribution in [2.45, 2.75) is 26.2 Å². The van der Waals surface area contributed by atoms with E-state index in [9.17, 15) is 13.6 Å². The number of halogens is 4. The summed E-state index contributed by atoms with van der Waals surface area (Å²) in [6.07, 6.45) is -0.806. The number of ether oxygens (including phenoxy) is 2. The lowest BCUT2D eigenvalue weighted by Gasteiger charge is -2.16. The largest absolute Gasteiger partial charge is 0.479 e. The first kappa shape index (κ1) is 19.3. The van der Waals surface area contributed by atoms with Crippen LogP contribution in [0.2, 0.25) is 10.0 Å². The highest BCUT2D eigenvalue weighted by atomic mass is 35.5. The first-order valence-corrected chi connectivity index (χ1v) is 8.04. The molecular formula is C17H15Cl2F2NO3. The van der Waals surface area contributed by atoms with Crippen molar-refractivity contribution in [1.29, 1.82) is 0 Å². The van der Waals surface area contributed by atoms with E-state index in [0.717, 1.165) is 0 Å². The molecule has 1 N–H and O–H groups in total. The van der Waals surface area contributed by atoms with Gasteiger partial charge in [-0.2, -0.15) is 8.78 Å². The monoisotopic (exact) mass is 389 g/mol. The second-order valence-electron chi connectivity index (χ2n) is 5.08. The quantitative estimate of drug-likeness (QED) is 0.747. The molecule has 0 saturated carbocycles. The van der Waals surface area contributed by atoms with Crippen LogP contribution in [-0.4, -0.2) is 18.6 Å². The maximum atomic E-state index is 12.2. The van der Waals surface area contributed by atoms with Gasteiger partial charge in [-0.1, -0.05) is 35.3 Å². The van der Waals surface area contributed by atoms with Crippen LogP contribution in [0.4, 0.5) is 8.78 Å². The minimum atomic E-state index is -2.90. The molecule has 25 heavy (non-hydrogen) atoms. The van der Waals surface area contributed by atoms with Gasteiger partial charge in [0.2, 0.25) is 0 Å². The van der Waals surface area contributed by atoms with Crippen LogP contribution in [0.3, 0.4) is 0 Å². The summed E-state index contributed by atoms with van der Waals surface area (Å²) in [5.74, 6) is -0.0220. The molecule has 1 atom stereocenters. The van der Waals surface area contributed by atoms with Crippen molar-refractivity contribution < 1.29 is 23.0 Å². The normalized spacial score (nSPS) is 11.9. The van der Waals surface area contributed by atoms with E-state index in [-0.39, 0.29) is 18.2 Å². The van der Waals surface area contributed by atoms with Crippen LogP contribution in [0.15, 0.2) is 42.5 Å². The lowest BCUT2D eigenvalue weighted by molar-refractivity contribution is -0.127. The van der Waals surface area contributed by atoms with Gasteiger partial charge in [-0.15, -0.1) is 0 Å². The van der Waals surface area contributed by atoms with Gasteiger partial charge in [0.15, 0.2) is 6.10 Å². The van der Waals surface area contributed by atoms with Crippen molar-refractivity contribution in [3.8, 4) is 11.5 Å². The number of carbonyl (C=O) groups excluding carboxylic acids is 1. The first-order chi connectivity index (χ1) is 11.8. The fourth-order valence-electron chi connectivity index (χ4n) is 1.98. The molecule has 2 aromatic rings. The molecule has 8 heteroatoms. The summed E-state index contributed by atoms with van der Waals surface area (Å²) in [6, 6.07) is 10.8. The van der Waals surface area contributed by atoms with Gasteiger partial charge in [0, 0.05) is 11.6 Å². The molecular weight excluding hydrogens is 375 g/mol. The zero-order chi connectivity index (χ0) is 18.4. The number of nitrogens with one attached hydrogen (secondary N) is 1. The van der Waals surface area contributed by atoms with E-state index in [1.165, 1.54) is 18.2 Å². The third-order valence-electron chi connectivity index (χ3n) is 3.16. The minimum absolute atomic E-state index is 0.0268. The summed E-state index contributed by atoms with van der Waals surface area (Å²) in [6.45, 7) is -1.19. The summed E-state index contributed by atoms with van der Waals surface area (Å²) in [5.41, 5.74) is 0.614. The molecule has 1 amide bonds. The van der Waals surface area contributed by atoms with Gasteiger partial charge >= 0.3 is 6.61 Å². The molecule has 0 aliphatic rings. The van der Waals surface area contributed by atoms with Gasteiger partial charge in [0.25, 0.3) is 5.91 Å². The number of amides is 1. The lowest BCUT2D eigenvalue weighted by Crippen LogP contribution is -2.35. The maximum Gasteiger partial charge on any atom is 0.387 e. The van der Waals surface area contributed by atoms with Gasteiger partial charge < -0.3 is 14.8 Å². The molecule has 0 saturated heterocycles. The molecule has 0 radical (unpaired) electrons.